The van der Waals surface area contributed by atoms with Gasteiger partial charge < -0.3 is 10.1 Å². The highest BCUT2D eigenvalue weighted by atomic mass is 19.1. The highest BCUT2D eigenvalue weighted by Crippen LogP contribution is 2.30. The van der Waals surface area contributed by atoms with Crippen molar-refractivity contribution in [2.24, 2.45) is 5.92 Å². The maximum Gasteiger partial charge on any atom is 0.319 e. The molecule has 1 N–H and O–H groups in total. The summed E-state index contributed by atoms with van der Waals surface area (Å²) in [6.45, 7) is 1.84. The van der Waals surface area contributed by atoms with Crippen molar-refractivity contribution in [3.8, 4) is 0 Å². The van der Waals surface area contributed by atoms with Crippen LogP contribution in [0.25, 0.3) is 0 Å². The van der Waals surface area contributed by atoms with E-state index in [9.17, 15) is 14.0 Å². The summed E-state index contributed by atoms with van der Waals surface area (Å²) in [5.74, 6) is -2.29. The number of esters is 1. The smallest absolute Gasteiger partial charge is 0.319 e. The molecule has 2 unspecified atom stereocenters. The molecule has 0 amide bonds. The lowest BCUT2D eigenvalue weighted by Gasteiger charge is -2.28. The average Bonchev–Trinajstić information content (AvgIpc) is 2.60. The summed E-state index contributed by atoms with van der Waals surface area (Å²) >= 11 is 0. The van der Waals surface area contributed by atoms with Gasteiger partial charge in [0.05, 0.1) is 6.04 Å². The van der Waals surface area contributed by atoms with Crippen LogP contribution in [-0.4, -0.2) is 11.8 Å². The van der Waals surface area contributed by atoms with E-state index in [2.05, 4.69) is 5.32 Å². The SMILES string of the molecule is Cc1cc(F)ccc1C1NC=CC(=O)C1C(=O)OCc1ccccc1. The van der Waals surface area contributed by atoms with Crippen LogP contribution >= 0.6 is 0 Å². The minimum atomic E-state index is -1.00. The summed E-state index contributed by atoms with van der Waals surface area (Å²) in [6.07, 6.45) is 2.83. The van der Waals surface area contributed by atoms with Crippen molar-refractivity contribution in [3.63, 3.8) is 0 Å². The Kier molecular flexibility index (Phi) is 4.93. The van der Waals surface area contributed by atoms with Crippen LogP contribution in [0, 0.1) is 18.7 Å². The third-order valence-electron chi connectivity index (χ3n) is 4.21. The predicted octanol–water partition coefficient (Wildman–Crippen LogP) is 3.22. The number of ether oxygens (including phenoxy) is 1. The van der Waals surface area contributed by atoms with Crippen LogP contribution < -0.4 is 5.32 Å². The van der Waals surface area contributed by atoms with E-state index < -0.39 is 17.9 Å². The molecule has 128 valence electrons. The molecule has 2 atom stereocenters. The second kappa shape index (κ2) is 7.30. The number of rotatable bonds is 4. The number of benzene rings is 2. The highest BCUT2D eigenvalue weighted by Gasteiger charge is 2.38. The Balaban J connectivity index is 1.81. The largest absolute Gasteiger partial charge is 0.460 e. The first-order valence-electron chi connectivity index (χ1n) is 7.99. The number of carbonyl (C=O) groups excluding carboxylic acids is 2. The fourth-order valence-corrected chi connectivity index (χ4v) is 2.93. The number of carbonyl (C=O) groups is 2. The van der Waals surface area contributed by atoms with Crippen molar-refractivity contribution in [1.82, 2.24) is 5.32 Å². The Labute approximate surface area is 145 Å². The van der Waals surface area contributed by atoms with E-state index in [1.165, 1.54) is 24.4 Å². The Hall–Kier alpha value is -2.95. The lowest BCUT2D eigenvalue weighted by atomic mass is 9.85. The van der Waals surface area contributed by atoms with Gasteiger partial charge in [-0.2, -0.15) is 0 Å². The molecule has 2 aromatic carbocycles. The standard InChI is InChI=1S/C20H18FNO3/c1-13-11-15(21)7-8-16(13)19-18(17(23)9-10-22-19)20(24)25-12-14-5-3-2-4-6-14/h2-11,18-19,22H,12H2,1H3. The summed E-state index contributed by atoms with van der Waals surface area (Å²) < 4.78 is 18.7. The molecule has 0 aliphatic carbocycles. The van der Waals surface area contributed by atoms with E-state index in [-0.39, 0.29) is 18.2 Å². The molecule has 3 rings (SSSR count). The number of allylic oxidation sites excluding steroid dienone is 1. The van der Waals surface area contributed by atoms with Crippen LogP contribution in [0.1, 0.15) is 22.7 Å². The molecule has 0 fully saturated rings. The van der Waals surface area contributed by atoms with Gasteiger partial charge in [0, 0.05) is 6.20 Å². The van der Waals surface area contributed by atoms with Crippen LogP contribution in [0.2, 0.25) is 0 Å². The number of hydrogen-bond acceptors (Lipinski definition) is 4. The van der Waals surface area contributed by atoms with E-state index in [1.807, 2.05) is 30.3 Å². The van der Waals surface area contributed by atoms with Gasteiger partial charge in [-0.05, 0) is 41.8 Å². The van der Waals surface area contributed by atoms with Gasteiger partial charge in [0.15, 0.2) is 5.78 Å². The summed E-state index contributed by atoms with van der Waals surface area (Å²) in [5, 5.41) is 3.03. The van der Waals surface area contributed by atoms with Crippen molar-refractivity contribution < 1.29 is 18.7 Å². The maximum atomic E-state index is 13.4. The van der Waals surface area contributed by atoms with Gasteiger partial charge in [0.25, 0.3) is 0 Å². The van der Waals surface area contributed by atoms with Crippen molar-refractivity contribution in [2.45, 2.75) is 19.6 Å². The Morgan fingerprint density at radius 3 is 2.68 bits per heavy atom. The number of aryl methyl sites for hydroxylation is 1. The quantitative estimate of drug-likeness (QED) is 0.686. The van der Waals surface area contributed by atoms with Crippen molar-refractivity contribution >= 4 is 11.8 Å². The van der Waals surface area contributed by atoms with Gasteiger partial charge in [0.2, 0.25) is 0 Å². The topological polar surface area (TPSA) is 55.4 Å². The van der Waals surface area contributed by atoms with Crippen LogP contribution in [0.5, 0.6) is 0 Å². The zero-order valence-electron chi connectivity index (χ0n) is 13.7. The number of ketones is 1. The van der Waals surface area contributed by atoms with E-state index in [4.69, 9.17) is 4.74 Å². The molecule has 2 aromatic rings. The molecular formula is C20H18FNO3. The third-order valence-corrected chi connectivity index (χ3v) is 4.21. The predicted molar refractivity (Wildman–Crippen MR) is 90.9 cm³/mol. The molecule has 0 saturated heterocycles. The molecule has 25 heavy (non-hydrogen) atoms. The molecular weight excluding hydrogens is 321 g/mol. The molecule has 0 saturated carbocycles. The molecule has 0 spiro atoms. The first-order valence-corrected chi connectivity index (χ1v) is 7.99. The molecule has 0 bridgehead atoms. The first-order chi connectivity index (χ1) is 12.1. The maximum absolute atomic E-state index is 13.4. The van der Waals surface area contributed by atoms with E-state index in [0.717, 1.165) is 5.56 Å². The second-order valence-electron chi connectivity index (χ2n) is 5.95. The number of nitrogens with one attached hydrogen (secondary N) is 1. The zero-order chi connectivity index (χ0) is 17.8. The van der Waals surface area contributed by atoms with Gasteiger partial charge in [0.1, 0.15) is 18.3 Å². The molecule has 0 aromatic heterocycles. The zero-order valence-corrected chi connectivity index (χ0v) is 13.7. The van der Waals surface area contributed by atoms with Gasteiger partial charge in [-0.25, -0.2) is 4.39 Å². The van der Waals surface area contributed by atoms with Crippen LogP contribution in [0.15, 0.2) is 60.8 Å². The Morgan fingerprint density at radius 1 is 1.20 bits per heavy atom. The van der Waals surface area contributed by atoms with Crippen molar-refractivity contribution in [1.29, 1.82) is 0 Å². The lowest BCUT2D eigenvalue weighted by Crippen LogP contribution is -2.39. The third kappa shape index (κ3) is 3.76. The summed E-state index contributed by atoms with van der Waals surface area (Å²) in [6, 6.07) is 13.0. The highest BCUT2D eigenvalue weighted by molar-refractivity contribution is 6.06. The number of halogens is 1. The fraction of sp³-hybridized carbons (Fsp3) is 0.200. The van der Waals surface area contributed by atoms with Crippen LogP contribution in [0.3, 0.4) is 0 Å². The minimum absolute atomic E-state index is 0.0995. The van der Waals surface area contributed by atoms with Gasteiger partial charge in [-0.3, -0.25) is 9.59 Å². The van der Waals surface area contributed by atoms with E-state index >= 15 is 0 Å². The van der Waals surface area contributed by atoms with Gasteiger partial charge in [-0.15, -0.1) is 0 Å². The first kappa shape index (κ1) is 16.9. The van der Waals surface area contributed by atoms with Gasteiger partial charge >= 0.3 is 5.97 Å². The van der Waals surface area contributed by atoms with E-state index in [0.29, 0.717) is 11.1 Å². The molecule has 1 heterocycles. The normalized spacial score (nSPS) is 19.4. The summed E-state index contributed by atoms with van der Waals surface area (Å²) in [4.78, 5) is 24.9. The van der Waals surface area contributed by atoms with Crippen LogP contribution in [0.4, 0.5) is 4.39 Å². The average molecular weight is 339 g/mol. The minimum Gasteiger partial charge on any atom is -0.460 e. The number of hydrogen-bond donors (Lipinski definition) is 1. The van der Waals surface area contributed by atoms with Gasteiger partial charge in [-0.1, -0.05) is 36.4 Å². The Morgan fingerprint density at radius 2 is 1.96 bits per heavy atom. The molecule has 1 aliphatic rings. The fourth-order valence-electron chi connectivity index (χ4n) is 2.93. The van der Waals surface area contributed by atoms with Crippen LogP contribution in [-0.2, 0) is 20.9 Å². The molecule has 5 heteroatoms. The lowest BCUT2D eigenvalue weighted by molar-refractivity contribution is -0.153. The monoisotopic (exact) mass is 339 g/mol. The summed E-state index contributed by atoms with van der Waals surface area (Å²) in [7, 11) is 0. The Bertz CT molecular complexity index is 817. The molecule has 1 aliphatic heterocycles. The molecule has 0 radical (unpaired) electrons. The van der Waals surface area contributed by atoms with Crippen molar-refractivity contribution in [2.75, 3.05) is 0 Å². The second-order valence-corrected chi connectivity index (χ2v) is 5.95. The van der Waals surface area contributed by atoms with E-state index in [1.54, 1.807) is 13.0 Å². The van der Waals surface area contributed by atoms with Crippen molar-refractivity contribution in [3.05, 3.63) is 83.3 Å². The summed E-state index contributed by atoms with van der Waals surface area (Å²) in [5.41, 5.74) is 2.21. The molecule has 4 nitrogen and oxygen atoms in total.